The van der Waals surface area contributed by atoms with Crippen molar-refractivity contribution in [1.29, 1.82) is 0 Å². The summed E-state index contributed by atoms with van der Waals surface area (Å²) in [6.07, 6.45) is 3.33. The highest BCUT2D eigenvalue weighted by atomic mass is 35.5. The van der Waals surface area contributed by atoms with Crippen molar-refractivity contribution in [3.05, 3.63) is 67.6 Å². The first-order valence-electron chi connectivity index (χ1n) is 12.3. The number of piperidine rings is 1. The third-order valence-electron chi connectivity index (χ3n) is 7.04. The number of sulfone groups is 1. The third kappa shape index (κ3) is 8.45. The zero-order valence-corrected chi connectivity index (χ0v) is 25.2. The number of halogens is 4. The van der Waals surface area contributed by atoms with E-state index in [4.69, 9.17) is 46.4 Å². The molecule has 2 atom stereocenters. The molecule has 38 heavy (non-hydrogen) atoms. The summed E-state index contributed by atoms with van der Waals surface area (Å²) in [4.78, 5) is 16.1. The molecule has 1 heterocycles. The molecular weight excluding hydrogens is 592 g/mol. The summed E-state index contributed by atoms with van der Waals surface area (Å²) in [7, 11) is -3.07. The number of nitrogens with zero attached hydrogens (tertiary/aromatic N) is 1. The first-order valence-corrected chi connectivity index (χ1v) is 15.9. The lowest BCUT2D eigenvalue weighted by atomic mass is 9.78. The van der Waals surface area contributed by atoms with Crippen molar-refractivity contribution >= 4 is 62.1 Å². The fourth-order valence-electron chi connectivity index (χ4n) is 4.52. The van der Waals surface area contributed by atoms with E-state index in [2.05, 4.69) is 15.5 Å². The first kappa shape index (κ1) is 31.4. The normalized spacial score (nSPS) is 17.7. The number of amides is 1. The molecule has 7 nitrogen and oxygen atoms in total. The fraction of sp³-hybridized carbons (Fsp3) is 0.500. The molecule has 1 aliphatic rings. The van der Waals surface area contributed by atoms with E-state index in [1.165, 1.54) is 6.26 Å². The molecule has 0 aliphatic carbocycles. The lowest BCUT2D eigenvalue weighted by Crippen LogP contribution is -2.48. The summed E-state index contributed by atoms with van der Waals surface area (Å²) in [5, 5.41) is 17.6. The van der Waals surface area contributed by atoms with Crippen LogP contribution in [-0.2, 0) is 20.0 Å². The zero-order chi connectivity index (χ0) is 28.1. The average Bonchev–Trinajstić information content (AvgIpc) is 2.87. The smallest absolute Gasteiger partial charge is 0.230 e. The monoisotopic (exact) mass is 623 g/mol. The maximum Gasteiger partial charge on any atom is 0.230 e. The average molecular weight is 625 g/mol. The number of carbonyl (C=O) groups excluding carboxylic acids is 1. The van der Waals surface area contributed by atoms with Crippen LogP contribution in [0.5, 0.6) is 0 Å². The van der Waals surface area contributed by atoms with Crippen LogP contribution in [0.25, 0.3) is 0 Å². The summed E-state index contributed by atoms with van der Waals surface area (Å²) >= 11 is 24.7. The van der Waals surface area contributed by atoms with Gasteiger partial charge in [0.2, 0.25) is 5.91 Å². The van der Waals surface area contributed by atoms with Gasteiger partial charge in [-0.25, -0.2) is 8.42 Å². The van der Waals surface area contributed by atoms with E-state index in [-0.39, 0.29) is 24.4 Å². The van der Waals surface area contributed by atoms with Gasteiger partial charge >= 0.3 is 0 Å². The van der Waals surface area contributed by atoms with Crippen molar-refractivity contribution in [3.63, 3.8) is 0 Å². The molecule has 1 fully saturated rings. The van der Waals surface area contributed by atoms with E-state index in [1.807, 2.05) is 6.92 Å². The minimum Gasteiger partial charge on any atom is -0.394 e. The molecular formula is C26H33Cl4N3O4S. The van der Waals surface area contributed by atoms with E-state index in [9.17, 15) is 18.3 Å². The number of aliphatic hydroxyl groups is 1. The summed E-state index contributed by atoms with van der Waals surface area (Å²) in [6.45, 7) is 3.73. The van der Waals surface area contributed by atoms with Crippen LogP contribution >= 0.6 is 46.4 Å². The standard InChI is InChI=1S/C26H33Cl4N3O4S/c1-26(18-4-6-21(28)23(30)14-18,9-12-33-10-7-19(8-11-33)31-16-38(2,36)37)25(35)32-24(15-34)17-3-5-20(27)22(29)13-17/h3-6,13-14,19,24,31,34H,7-12,15-16H2,1-2H3,(H,32,35). The number of carbonyl (C=O) groups is 1. The fourth-order valence-corrected chi connectivity index (χ4v) is 5.66. The Bertz CT molecular complexity index is 1240. The highest BCUT2D eigenvalue weighted by molar-refractivity contribution is 7.90. The minimum atomic E-state index is -3.07. The van der Waals surface area contributed by atoms with E-state index in [0.29, 0.717) is 44.2 Å². The van der Waals surface area contributed by atoms with Crippen LogP contribution in [-0.4, -0.2) is 68.7 Å². The van der Waals surface area contributed by atoms with Gasteiger partial charge < -0.3 is 20.6 Å². The van der Waals surface area contributed by atoms with Crippen LogP contribution in [0.3, 0.4) is 0 Å². The molecule has 210 valence electrons. The molecule has 0 spiro atoms. The number of likely N-dealkylation sites (tertiary alicyclic amines) is 1. The first-order chi connectivity index (χ1) is 17.8. The summed E-state index contributed by atoms with van der Waals surface area (Å²) in [5.41, 5.74) is 0.360. The predicted octanol–water partition coefficient (Wildman–Crippen LogP) is 4.85. The Kier molecular flexibility index (Phi) is 11.2. The molecule has 12 heteroatoms. The molecule has 3 N–H and O–H groups in total. The molecule has 1 saturated heterocycles. The lowest BCUT2D eigenvalue weighted by molar-refractivity contribution is -0.127. The van der Waals surface area contributed by atoms with Crippen LogP contribution < -0.4 is 10.6 Å². The second-order valence-corrected chi connectivity index (χ2v) is 13.8. The van der Waals surface area contributed by atoms with Crippen molar-refractivity contribution in [2.45, 2.75) is 43.7 Å². The third-order valence-corrected chi connectivity index (χ3v) is 9.21. The van der Waals surface area contributed by atoms with Crippen molar-refractivity contribution in [1.82, 2.24) is 15.5 Å². The SMILES string of the molecule is CC(CCN1CCC(NCS(C)(=O)=O)CC1)(C(=O)NC(CO)c1ccc(Cl)c(Cl)c1)c1ccc(Cl)c(Cl)c1. The molecule has 0 aromatic heterocycles. The van der Waals surface area contributed by atoms with Gasteiger partial charge in [-0.1, -0.05) is 58.5 Å². The molecule has 0 bridgehead atoms. The Morgan fingerprint density at radius 2 is 1.66 bits per heavy atom. The number of hydrogen-bond donors (Lipinski definition) is 3. The van der Waals surface area contributed by atoms with Gasteiger partial charge in [-0.15, -0.1) is 0 Å². The Labute approximate surface area is 244 Å². The van der Waals surface area contributed by atoms with Crippen molar-refractivity contribution in [2.75, 3.05) is 38.4 Å². The Balaban J connectivity index is 1.75. The summed E-state index contributed by atoms with van der Waals surface area (Å²) in [5.74, 6) is -0.302. The summed E-state index contributed by atoms with van der Waals surface area (Å²) in [6, 6.07) is 9.60. The van der Waals surface area contributed by atoms with Crippen LogP contribution in [0.15, 0.2) is 36.4 Å². The predicted molar refractivity (Wildman–Crippen MR) is 155 cm³/mol. The van der Waals surface area contributed by atoms with Crippen LogP contribution in [0.2, 0.25) is 20.1 Å². The largest absolute Gasteiger partial charge is 0.394 e. The van der Waals surface area contributed by atoms with E-state index in [1.54, 1.807) is 36.4 Å². The lowest BCUT2D eigenvalue weighted by Gasteiger charge is -2.36. The Hall–Kier alpha value is -1.10. The van der Waals surface area contributed by atoms with Gasteiger partial charge in [-0.2, -0.15) is 0 Å². The Morgan fingerprint density at radius 1 is 1.05 bits per heavy atom. The zero-order valence-electron chi connectivity index (χ0n) is 21.3. The number of benzene rings is 2. The van der Waals surface area contributed by atoms with Crippen LogP contribution in [0, 0.1) is 0 Å². The molecule has 2 aromatic carbocycles. The van der Waals surface area contributed by atoms with Gasteiger partial charge in [0.05, 0.1) is 44.0 Å². The highest BCUT2D eigenvalue weighted by Gasteiger charge is 2.37. The maximum atomic E-state index is 13.8. The van der Waals surface area contributed by atoms with Gasteiger partial charge in [0.15, 0.2) is 9.84 Å². The van der Waals surface area contributed by atoms with Crippen molar-refractivity contribution in [2.24, 2.45) is 0 Å². The molecule has 2 aromatic rings. The Morgan fingerprint density at radius 3 is 2.21 bits per heavy atom. The topological polar surface area (TPSA) is 98.7 Å². The number of aliphatic hydroxyl groups excluding tert-OH is 1. The minimum absolute atomic E-state index is 0.0297. The second-order valence-electron chi connectivity index (χ2n) is 9.98. The number of nitrogens with one attached hydrogen (secondary N) is 2. The van der Waals surface area contributed by atoms with E-state index >= 15 is 0 Å². The van der Waals surface area contributed by atoms with E-state index in [0.717, 1.165) is 25.9 Å². The van der Waals surface area contributed by atoms with Crippen LogP contribution in [0.1, 0.15) is 43.4 Å². The number of hydrogen-bond acceptors (Lipinski definition) is 6. The molecule has 0 saturated carbocycles. The van der Waals surface area contributed by atoms with Gasteiger partial charge in [0.25, 0.3) is 0 Å². The maximum absolute atomic E-state index is 13.8. The molecule has 1 amide bonds. The summed E-state index contributed by atoms with van der Waals surface area (Å²) < 4.78 is 22.9. The molecule has 3 rings (SSSR count). The highest BCUT2D eigenvalue weighted by Crippen LogP contribution is 2.34. The quantitative estimate of drug-likeness (QED) is 0.331. The second kappa shape index (κ2) is 13.5. The van der Waals surface area contributed by atoms with Gasteiger partial charge in [-0.3, -0.25) is 4.79 Å². The van der Waals surface area contributed by atoms with Gasteiger partial charge in [0.1, 0.15) is 0 Å². The molecule has 0 radical (unpaired) electrons. The molecule has 2 unspecified atom stereocenters. The van der Waals surface area contributed by atoms with Crippen molar-refractivity contribution in [3.8, 4) is 0 Å². The van der Waals surface area contributed by atoms with E-state index < -0.39 is 21.3 Å². The van der Waals surface area contributed by atoms with Gasteiger partial charge in [0, 0.05) is 12.3 Å². The number of rotatable bonds is 11. The van der Waals surface area contributed by atoms with Crippen molar-refractivity contribution < 1.29 is 18.3 Å². The van der Waals surface area contributed by atoms with Crippen LogP contribution in [0.4, 0.5) is 0 Å². The van der Waals surface area contributed by atoms with Gasteiger partial charge in [-0.05, 0) is 81.2 Å². The molecule has 1 aliphatic heterocycles.